The number of nitrogens with zero attached hydrogens (tertiary/aromatic N) is 1. The molecule has 2 rings (SSSR count). The second-order valence-electron chi connectivity index (χ2n) is 5.91. The first-order valence-corrected chi connectivity index (χ1v) is 8.46. The molecule has 1 aromatic carbocycles. The topological polar surface area (TPSA) is 33.7 Å². The first-order valence-electron chi connectivity index (χ1n) is 8.46. The smallest absolute Gasteiger partial charge is 0.123 e. The van der Waals surface area contributed by atoms with Crippen molar-refractivity contribution in [2.75, 3.05) is 40.4 Å². The zero-order valence-corrected chi connectivity index (χ0v) is 14.2. The van der Waals surface area contributed by atoms with Crippen LogP contribution in [0.15, 0.2) is 18.2 Å². The summed E-state index contributed by atoms with van der Waals surface area (Å²) in [6.45, 7) is 6.67. The molecule has 1 N–H and O–H groups in total. The van der Waals surface area contributed by atoms with Crippen molar-refractivity contribution >= 4 is 0 Å². The Kier molecular flexibility index (Phi) is 7.00. The molecule has 0 spiro atoms. The lowest BCUT2D eigenvalue weighted by Crippen LogP contribution is -2.32. The predicted molar refractivity (Wildman–Crippen MR) is 90.9 cm³/mol. The maximum atomic E-state index is 5.63. The zero-order valence-electron chi connectivity index (χ0n) is 14.2. The van der Waals surface area contributed by atoms with Crippen LogP contribution >= 0.6 is 0 Å². The predicted octanol–water partition coefficient (Wildman–Crippen LogP) is 3.23. The second kappa shape index (κ2) is 9.01. The van der Waals surface area contributed by atoms with E-state index in [9.17, 15) is 0 Å². The number of nitrogens with one attached hydrogen (secondary N) is 1. The van der Waals surface area contributed by atoms with Crippen LogP contribution in [0, 0.1) is 0 Å². The van der Waals surface area contributed by atoms with Crippen molar-refractivity contribution in [2.45, 2.75) is 38.6 Å². The van der Waals surface area contributed by atoms with Crippen LogP contribution in [-0.2, 0) is 0 Å². The number of ether oxygens (including phenoxy) is 2. The van der Waals surface area contributed by atoms with Crippen molar-refractivity contribution in [1.29, 1.82) is 0 Å². The molecular formula is C18H30N2O2. The van der Waals surface area contributed by atoms with E-state index >= 15 is 0 Å². The number of hydrogen-bond acceptors (Lipinski definition) is 4. The van der Waals surface area contributed by atoms with Gasteiger partial charge in [-0.15, -0.1) is 0 Å². The van der Waals surface area contributed by atoms with Crippen molar-refractivity contribution in [1.82, 2.24) is 10.2 Å². The molecule has 0 bridgehead atoms. The third-order valence-electron chi connectivity index (χ3n) is 4.44. The Morgan fingerprint density at radius 2 is 2.05 bits per heavy atom. The minimum atomic E-state index is 0.407. The Labute approximate surface area is 134 Å². The molecule has 0 aliphatic carbocycles. The zero-order chi connectivity index (χ0) is 15.8. The van der Waals surface area contributed by atoms with Crippen molar-refractivity contribution in [2.24, 2.45) is 0 Å². The summed E-state index contributed by atoms with van der Waals surface area (Å²) >= 11 is 0. The van der Waals surface area contributed by atoms with E-state index in [2.05, 4.69) is 23.2 Å². The summed E-state index contributed by atoms with van der Waals surface area (Å²) in [6.07, 6.45) is 4.82. The monoisotopic (exact) mass is 306 g/mol. The normalized spacial score (nSPS) is 17.8. The summed E-state index contributed by atoms with van der Waals surface area (Å²) in [7, 11) is 3.48. The van der Waals surface area contributed by atoms with Crippen LogP contribution in [0.3, 0.4) is 0 Å². The Morgan fingerprint density at radius 1 is 1.18 bits per heavy atom. The van der Waals surface area contributed by atoms with Gasteiger partial charge in [-0.2, -0.15) is 0 Å². The summed E-state index contributed by atoms with van der Waals surface area (Å²) in [6, 6.07) is 6.56. The van der Waals surface area contributed by atoms with Crippen molar-refractivity contribution in [3.8, 4) is 11.5 Å². The van der Waals surface area contributed by atoms with Crippen LogP contribution in [0.1, 0.15) is 44.2 Å². The van der Waals surface area contributed by atoms with Crippen LogP contribution in [0.4, 0.5) is 0 Å². The molecule has 1 unspecified atom stereocenters. The summed E-state index contributed by atoms with van der Waals surface area (Å²) in [5.74, 6) is 1.88. The van der Waals surface area contributed by atoms with Crippen LogP contribution in [0.25, 0.3) is 0 Å². The molecule has 1 fully saturated rings. The third kappa shape index (κ3) is 4.37. The molecular weight excluding hydrogens is 276 g/mol. The average molecular weight is 306 g/mol. The Hall–Kier alpha value is -1.26. The fourth-order valence-electron chi connectivity index (χ4n) is 3.21. The quantitative estimate of drug-likeness (QED) is 0.838. The Balaban J connectivity index is 2.30. The molecule has 124 valence electrons. The molecule has 0 saturated carbocycles. The molecule has 1 atom stereocenters. The van der Waals surface area contributed by atoms with E-state index in [-0.39, 0.29) is 0 Å². The first kappa shape index (κ1) is 17.1. The molecule has 1 saturated heterocycles. The molecule has 1 aliphatic rings. The van der Waals surface area contributed by atoms with Gasteiger partial charge in [-0.25, -0.2) is 0 Å². The largest absolute Gasteiger partial charge is 0.497 e. The maximum absolute atomic E-state index is 5.63. The Bertz CT molecular complexity index is 443. The standard InChI is InChI=1S/C18H30N2O2/c1-4-5-7-17(20-12-6-10-19-11-13-20)16-14-15(21-2)8-9-18(16)22-3/h8-9,14,17,19H,4-7,10-13H2,1-3H3. The highest BCUT2D eigenvalue weighted by atomic mass is 16.5. The van der Waals surface area contributed by atoms with Gasteiger partial charge in [0.1, 0.15) is 11.5 Å². The van der Waals surface area contributed by atoms with Gasteiger partial charge in [0, 0.05) is 31.2 Å². The van der Waals surface area contributed by atoms with E-state index in [1.54, 1.807) is 14.2 Å². The van der Waals surface area contributed by atoms with Crippen molar-refractivity contribution in [3.05, 3.63) is 23.8 Å². The van der Waals surface area contributed by atoms with Gasteiger partial charge in [-0.3, -0.25) is 4.90 Å². The molecule has 1 aromatic rings. The second-order valence-corrected chi connectivity index (χ2v) is 5.91. The van der Waals surface area contributed by atoms with Gasteiger partial charge >= 0.3 is 0 Å². The first-order chi connectivity index (χ1) is 10.8. The van der Waals surface area contributed by atoms with E-state index in [1.807, 2.05) is 12.1 Å². The van der Waals surface area contributed by atoms with Crippen LogP contribution in [-0.4, -0.2) is 45.3 Å². The minimum Gasteiger partial charge on any atom is -0.497 e. The van der Waals surface area contributed by atoms with Crippen molar-refractivity contribution < 1.29 is 9.47 Å². The van der Waals surface area contributed by atoms with E-state index in [0.717, 1.165) is 37.7 Å². The van der Waals surface area contributed by atoms with Gasteiger partial charge in [0.05, 0.1) is 14.2 Å². The molecule has 0 amide bonds. The fraction of sp³-hybridized carbons (Fsp3) is 0.667. The van der Waals surface area contributed by atoms with Gasteiger partial charge < -0.3 is 14.8 Å². The van der Waals surface area contributed by atoms with E-state index in [0.29, 0.717) is 6.04 Å². The molecule has 4 heteroatoms. The fourth-order valence-corrected chi connectivity index (χ4v) is 3.21. The number of hydrogen-bond donors (Lipinski definition) is 1. The molecule has 1 heterocycles. The SMILES string of the molecule is CCCCC(c1cc(OC)ccc1OC)N1CCCNCC1. The van der Waals surface area contributed by atoms with Crippen molar-refractivity contribution in [3.63, 3.8) is 0 Å². The summed E-state index contributed by atoms with van der Waals surface area (Å²) < 4.78 is 11.1. The third-order valence-corrected chi connectivity index (χ3v) is 4.44. The van der Waals surface area contributed by atoms with Gasteiger partial charge in [-0.1, -0.05) is 19.8 Å². The highest BCUT2D eigenvalue weighted by molar-refractivity contribution is 5.42. The highest BCUT2D eigenvalue weighted by Crippen LogP contribution is 2.36. The lowest BCUT2D eigenvalue weighted by molar-refractivity contribution is 0.193. The lowest BCUT2D eigenvalue weighted by atomic mass is 9.97. The van der Waals surface area contributed by atoms with E-state index in [1.165, 1.54) is 31.2 Å². The highest BCUT2D eigenvalue weighted by Gasteiger charge is 2.24. The van der Waals surface area contributed by atoms with Gasteiger partial charge in [0.2, 0.25) is 0 Å². The average Bonchev–Trinajstić information content (AvgIpc) is 2.84. The maximum Gasteiger partial charge on any atom is 0.123 e. The molecule has 22 heavy (non-hydrogen) atoms. The summed E-state index contributed by atoms with van der Waals surface area (Å²) in [5, 5.41) is 3.49. The van der Waals surface area contributed by atoms with Crippen LogP contribution < -0.4 is 14.8 Å². The number of methoxy groups -OCH3 is 2. The van der Waals surface area contributed by atoms with Crippen LogP contribution in [0.5, 0.6) is 11.5 Å². The number of rotatable bonds is 7. The molecule has 1 aliphatic heterocycles. The van der Waals surface area contributed by atoms with Gasteiger partial charge in [0.15, 0.2) is 0 Å². The summed E-state index contributed by atoms with van der Waals surface area (Å²) in [4.78, 5) is 2.60. The lowest BCUT2D eigenvalue weighted by Gasteiger charge is -2.32. The van der Waals surface area contributed by atoms with E-state index in [4.69, 9.17) is 9.47 Å². The molecule has 0 aromatic heterocycles. The minimum absolute atomic E-state index is 0.407. The Morgan fingerprint density at radius 3 is 2.77 bits per heavy atom. The summed E-state index contributed by atoms with van der Waals surface area (Å²) in [5.41, 5.74) is 1.26. The van der Waals surface area contributed by atoms with Crippen LogP contribution in [0.2, 0.25) is 0 Å². The number of benzene rings is 1. The molecule has 0 radical (unpaired) electrons. The number of unbranched alkanes of at least 4 members (excludes halogenated alkanes) is 1. The van der Waals surface area contributed by atoms with Gasteiger partial charge in [0.25, 0.3) is 0 Å². The molecule has 4 nitrogen and oxygen atoms in total. The van der Waals surface area contributed by atoms with E-state index < -0.39 is 0 Å². The van der Waals surface area contributed by atoms with Gasteiger partial charge in [-0.05, 0) is 37.6 Å².